The molecule has 228 valence electrons. The first-order chi connectivity index (χ1) is 20.5. The summed E-state index contributed by atoms with van der Waals surface area (Å²) in [4.78, 5) is 45.4. The first kappa shape index (κ1) is 30.4. The number of nitrogens with zero attached hydrogens (tertiary/aromatic N) is 4. The van der Waals surface area contributed by atoms with Gasteiger partial charge in [0.25, 0.3) is 5.91 Å². The number of piperidine rings is 1. The minimum absolute atomic E-state index is 0.0579. The quantitative estimate of drug-likeness (QED) is 0.452. The lowest BCUT2D eigenvalue weighted by atomic mass is 9.95. The Balaban J connectivity index is 1.48. The average molecular weight is 586 g/mol. The first-order valence-corrected chi connectivity index (χ1v) is 15.2. The fourth-order valence-electron chi connectivity index (χ4n) is 6.22. The monoisotopic (exact) mass is 585 g/mol. The molecule has 0 bridgehead atoms. The van der Waals surface area contributed by atoms with Crippen molar-refractivity contribution >= 4 is 17.9 Å². The van der Waals surface area contributed by atoms with Crippen LogP contribution in [0.15, 0.2) is 66.7 Å². The normalized spacial score (nSPS) is 18.5. The number of ether oxygens (including phenoxy) is 1. The summed E-state index contributed by atoms with van der Waals surface area (Å²) in [7, 11) is 0. The number of nitrogens with two attached hydrogens (primary N) is 1. The number of aryl methyl sites for hydroxylation is 1. The van der Waals surface area contributed by atoms with Gasteiger partial charge < -0.3 is 29.7 Å². The van der Waals surface area contributed by atoms with E-state index in [0.717, 1.165) is 35.7 Å². The fourth-order valence-corrected chi connectivity index (χ4v) is 6.22. The lowest BCUT2D eigenvalue weighted by Crippen LogP contribution is -2.60. The number of amides is 3. The van der Waals surface area contributed by atoms with E-state index in [0.29, 0.717) is 44.6 Å². The van der Waals surface area contributed by atoms with Crippen LogP contribution in [0.25, 0.3) is 16.9 Å². The zero-order chi connectivity index (χ0) is 30.7. The second-order valence-electron chi connectivity index (χ2n) is 12.6. The van der Waals surface area contributed by atoms with Gasteiger partial charge >= 0.3 is 6.09 Å². The lowest BCUT2D eigenvalue weighted by molar-refractivity contribution is -0.123. The maximum atomic E-state index is 14.6. The number of carbonyl (C=O) groups excluding carboxylic acids is 3. The van der Waals surface area contributed by atoms with Gasteiger partial charge in [0.15, 0.2) is 0 Å². The standard InChI is InChI=1S/C34H43N5O4/c1-24-21-29(30(25-11-7-5-8-12-25)39(24)27-13-9-6-10-14-27)32(41)38-20-19-37(33(42)43-34(2,3)4)23-28(38)22-36-17-15-26(16-18-36)31(35)40/h5-14,21,26,28H,15-20,22-23H2,1-4H3,(H2,35,40)/t28-/m1/s1. The van der Waals surface area contributed by atoms with Crippen LogP contribution < -0.4 is 5.73 Å². The van der Waals surface area contributed by atoms with E-state index in [-0.39, 0.29) is 29.9 Å². The molecule has 0 saturated carbocycles. The minimum Gasteiger partial charge on any atom is -0.444 e. The number of para-hydroxylation sites is 1. The molecule has 2 aliphatic heterocycles. The molecule has 9 heteroatoms. The van der Waals surface area contributed by atoms with Crippen molar-refractivity contribution in [2.45, 2.75) is 52.2 Å². The van der Waals surface area contributed by atoms with Crippen LogP contribution in [0.3, 0.4) is 0 Å². The third-order valence-electron chi connectivity index (χ3n) is 8.33. The van der Waals surface area contributed by atoms with E-state index in [1.807, 2.05) is 99.3 Å². The van der Waals surface area contributed by atoms with E-state index >= 15 is 0 Å². The molecule has 2 saturated heterocycles. The number of hydrogen-bond acceptors (Lipinski definition) is 5. The molecular weight excluding hydrogens is 542 g/mol. The van der Waals surface area contributed by atoms with Crippen molar-refractivity contribution in [2.75, 3.05) is 39.3 Å². The molecule has 2 N–H and O–H groups in total. The number of primary amides is 1. The summed E-state index contributed by atoms with van der Waals surface area (Å²) in [5, 5.41) is 0. The highest BCUT2D eigenvalue weighted by Crippen LogP contribution is 2.33. The number of aromatic nitrogens is 1. The van der Waals surface area contributed by atoms with E-state index in [2.05, 4.69) is 9.47 Å². The first-order valence-electron chi connectivity index (χ1n) is 15.2. The molecular formula is C34H43N5O4. The van der Waals surface area contributed by atoms with Crippen LogP contribution in [-0.2, 0) is 9.53 Å². The highest BCUT2D eigenvalue weighted by Gasteiger charge is 2.38. The van der Waals surface area contributed by atoms with Gasteiger partial charge in [-0.3, -0.25) is 9.59 Å². The molecule has 1 atom stereocenters. The molecule has 1 aromatic heterocycles. The fraction of sp³-hybridized carbons (Fsp3) is 0.441. The number of likely N-dealkylation sites (tertiary alicyclic amines) is 1. The molecule has 2 fully saturated rings. The Labute approximate surface area is 254 Å². The third-order valence-corrected chi connectivity index (χ3v) is 8.33. The molecule has 3 amide bonds. The largest absolute Gasteiger partial charge is 0.444 e. The molecule has 3 heterocycles. The number of carbonyl (C=O) groups is 3. The Morgan fingerprint density at radius 2 is 1.53 bits per heavy atom. The molecule has 0 aliphatic carbocycles. The smallest absolute Gasteiger partial charge is 0.410 e. The van der Waals surface area contributed by atoms with E-state index in [1.54, 1.807) is 4.90 Å². The van der Waals surface area contributed by atoms with E-state index in [4.69, 9.17) is 10.5 Å². The van der Waals surface area contributed by atoms with Gasteiger partial charge in [-0.15, -0.1) is 0 Å². The molecule has 9 nitrogen and oxygen atoms in total. The maximum Gasteiger partial charge on any atom is 0.410 e. The van der Waals surface area contributed by atoms with Gasteiger partial charge in [-0.05, 0) is 77.4 Å². The highest BCUT2D eigenvalue weighted by molar-refractivity contribution is 6.01. The molecule has 5 rings (SSSR count). The zero-order valence-corrected chi connectivity index (χ0v) is 25.7. The third kappa shape index (κ3) is 6.94. The maximum absolute atomic E-state index is 14.6. The Morgan fingerprint density at radius 3 is 2.14 bits per heavy atom. The summed E-state index contributed by atoms with van der Waals surface area (Å²) in [6.45, 7) is 10.8. The molecule has 43 heavy (non-hydrogen) atoms. The van der Waals surface area contributed by atoms with Crippen molar-refractivity contribution in [1.82, 2.24) is 19.3 Å². The Bertz CT molecular complexity index is 1440. The van der Waals surface area contributed by atoms with Crippen molar-refractivity contribution in [3.8, 4) is 16.9 Å². The summed E-state index contributed by atoms with van der Waals surface area (Å²) in [5.41, 5.74) is 9.36. The Hall–Kier alpha value is -4.11. The average Bonchev–Trinajstić information content (AvgIpc) is 3.34. The lowest BCUT2D eigenvalue weighted by Gasteiger charge is -2.44. The van der Waals surface area contributed by atoms with Crippen LogP contribution in [0.1, 0.15) is 49.7 Å². The number of rotatable bonds is 6. The number of piperazine rings is 1. The van der Waals surface area contributed by atoms with Gasteiger partial charge in [0, 0.05) is 43.5 Å². The van der Waals surface area contributed by atoms with Crippen LogP contribution in [-0.4, -0.2) is 88.1 Å². The van der Waals surface area contributed by atoms with Gasteiger partial charge in [0.2, 0.25) is 5.91 Å². The van der Waals surface area contributed by atoms with Crippen LogP contribution in [0.2, 0.25) is 0 Å². The highest BCUT2D eigenvalue weighted by atomic mass is 16.6. The summed E-state index contributed by atoms with van der Waals surface area (Å²) < 4.78 is 7.84. The van der Waals surface area contributed by atoms with Gasteiger partial charge in [-0.2, -0.15) is 0 Å². The molecule has 2 aliphatic rings. The summed E-state index contributed by atoms with van der Waals surface area (Å²) in [6.07, 6.45) is 1.03. The van der Waals surface area contributed by atoms with Crippen molar-refractivity contribution in [1.29, 1.82) is 0 Å². The van der Waals surface area contributed by atoms with Crippen molar-refractivity contribution in [2.24, 2.45) is 11.7 Å². The summed E-state index contributed by atoms with van der Waals surface area (Å²) in [5.74, 6) is -0.429. The second-order valence-corrected chi connectivity index (χ2v) is 12.6. The molecule has 2 aromatic carbocycles. The molecule has 0 unspecified atom stereocenters. The van der Waals surface area contributed by atoms with Crippen LogP contribution in [0.4, 0.5) is 4.79 Å². The van der Waals surface area contributed by atoms with Gasteiger partial charge in [-0.25, -0.2) is 4.79 Å². The van der Waals surface area contributed by atoms with Gasteiger partial charge in [0.05, 0.1) is 17.3 Å². The van der Waals surface area contributed by atoms with E-state index in [1.165, 1.54) is 0 Å². The van der Waals surface area contributed by atoms with Gasteiger partial charge in [0.1, 0.15) is 5.60 Å². The summed E-state index contributed by atoms with van der Waals surface area (Å²) >= 11 is 0. The molecule has 3 aromatic rings. The SMILES string of the molecule is Cc1cc(C(=O)N2CCN(C(=O)OC(C)(C)C)C[C@H]2CN2CCC(C(N)=O)CC2)c(-c2ccccc2)n1-c1ccccc1. The Kier molecular flexibility index (Phi) is 8.92. The topological polar surface area (TPSA) is 101 Å². The number of hydrogen-bond donors (Lipinski definition) is 1. The van der Waals surface area contributed by atoms with Gasteiger partial charge in [-0.1, -0.05) is 48.5 Å². The minimum atomic E-state index is -0.612. The van der Waals surface area contributed by atoms with Crippen molar-refractivity contribution in [3.05, 3.63) is 78.0 Å². The summed E-state index contributed by atoms with van der Waals surface area (Å²) in [6, 6.07) is 21.8. The van der Waals surface area contributed by atoms with Crippen molar-refractivity contribution in [3.63, 3.8) is 0 Å². The van der Waals surface area contributed by atoms with Crippen LogP contribution in [0, 0.1) is 12.8 Å². The van der Waals surface area contributed by atoms with E-state index < -0.39 is 5.60 Å². The molecule has 0 spiro atoms. The van der Waals surface area contributed by atoms with Crippen LogP contribution in [0.5, 0.6) is 0 Å². The van der Waals surface area contributed by atoms with Crippen molar-refractivity contribution < 1.29 is 19.1 Å². The number of benzene rings is 2. The predicted molar refractivity (Wildman–Crippen MR) is 167 cm³/mol. The van der Waals surface area contributed by atoms with E-state index in [9.17, 15) is 14.4 Å². The Morgan fingerprint density at radius 1 is 0.907 bits per heavy atom. The zero-order valence-electron chi connectivity index (χ0n) is 25.7. The molecule has 0 radical (unpaired) electrons. The second kappa shape index (κ2) is 12.6. The predicted octanol–water partition coefficient (Wildman–Crippen LogP) is 4.71. The van der Waals surface area contributed by atoms with Crippen LogP contribution >= 0.6 is 0 Å².